The fourth-order valence-corrected chi connectivity index (χ4v) is 4.01. The smallest absolute Gasteiger partial charge is 0.279 e. The summed E-state index contributed by atoms with van der Waals surface area (Å²) in [6, 6.07) is 13.3. The van der Waals surface area contributed by atoms with Crippen LogP contribution in [-0.2, 0) is 6.54 Å². The molecular formula is C19H16BrN3OS. The van der Waals surface area contributed by atoms with Crippen LogP contribution in [-0.4, -0.2) is 24.6 Å². The van der Waals surface area contributed by atoms with E-state index in [1.165, 1.54) is 11.3 Å². The number of nitrogens with zero attached hydrogens (tertiary/aromatic N) is 3. The molecule has 6 heteroatoms. The van der Waals surface area contributed by atoms with Gasteiger partial charge < -0.3 is 9.47 Å². The Kier molecular flexibility index (Phi) is 5.07. The molecule has 4 nitrogen and oxygen atoms in total. The number of fused-ring (bicyclic) bond motifs is 1. The van der Waals surface area contributed by atoms with Gasteiger partial charge in [0.15, 0.2) is 4.80 Å². The molecule has 126 valence electrons. The fourth-order valence-electron chi connectivity index (χ4n) is 2.43. The maximum Gasteiger partial charge on any atom is 0.279 e. The van der Waals surface area contributed by atoms with E-state index in [4.69, 9.17) is 6.42 Å². The summed E-state index contributed by atoms with van der Waals surface area (Å²) in [4.78, 5) is 19.4. The molecule has 1 aromatic heterocycles. The Hall–Kier alpha value is -2.36. The molecule has 0 atom stereocenters. The van der Waals surface area contributed by atoms with Crippen molar-refractivity contribution in [2.75, 3.05) is 19.0 Å². The van der Waals surface area contributed by atoms with Crippen LogP contribution in [0.25, 0.3) is 10.2 Å². The average molecular weight is 414 g/mol. The fraction of sp³-hybridized carbons (Fsp3) is 0.158. The van der Waals surface area contributed by atoms with Gasteiger partial charge in [-0.1, -0.05) is 33.2 Å². The number of hydrogen-bond acceptors (Lipinski definition) is 3. The molecule has 25 heavy (non-hydrogen) atoms. The van der Waals surface area contributed by atoms with Crippen molar-refractivity contribution < 1.29 is 4.79 Å². The Bertz CT molecular complexity index is 1040. The molecule has 0 radical (unpaired) electrons. The van der Waals surface area contributed by atoms with Crippen molar-refractivity contribution in [3.05, 3.63) is 57.3 Å². The summed E-state index contributed by atoms with van der Waals surface area (Å²) in [5.74, 6) is 2.36. The number of carbonyl (C=O) groups excluding carboxylic acids is 1. The number of halogens is 1. The summed E-state index contributed by atoms with van der Waals surface area (Å²) in [6.07, 6.45) is 5.49. The summed E-state index contributed by atoms with van der Waals surface area (Å²) in [6.45, 7) is 0.368. The van der Waals surface area contributed by atoms with E-state index < -0.39 is 0 Å². The van der Waals surface area contributed by atoms with Gasteiger partial charge in [-0.05, 0) is 42.5 Å². The van der Waals surface area contributed by atoms with Gasteiger partial charge in [-0.15, -0.1) is 6.42 Å². The van der Waals surface area contributed by atoms with Gasteiger partial charge in [-0.25, -0.2) is 0 Å². The van der Waals surface area contributed by atoms with Crippen LogP contribution >= 0.6 is 27.3 Å². The zero-order valence-corrected chi connectivity index (χ0v) is 16.3. The lowest BCUT2D eigenvalue weighted by Crippen LogP contribution is -2.16. The topological polar surface area (TPSA) is 37.6 Å². The Labute approximate surface area is 158 Å². The number of terminal acetylenes is 1. The van der Waals surface area contributed by atoms with E-state index >= 15 is 0 Å². The van der Waals surface area contributed by atoms with Crippen molar-refractivity contribution in [2.24, 2.45) is 4.99 Å². The van der Waals surface area contributed by atoms with E-state index in [9.17, 15) is 4.79 Å². The first-order valence-electron chi connectivity index (χ1n) is 7.58. The van der Waals surface area contributed by atoms with Crippen LogP contribution in [0.2, 0.25) is 0 Å². The van der Waals surface area contributed by atoms with Crippen molar-refractivity contribution in [1.82, 2.24) is 4.57 Å². The van der Waals surface area contributed by atoms with Crippen molar-refractivity contribution in [3.63, 3.8) is 0 Å². The first-order valence-corrected chi connectivity index (χ1v) is 9.19. The van der Waals surface area contributed by atoms with Crippen molar-refractivity contribution in [2.45, 2.75) is 6.54 Å². The normalized spacial score (nSPS) is 11.5. The maximum absolute atomic E-state index is 12.5. The van der Waals surface area contributed by atoms with E-state index in [2.05, 4.69) is 26.8 Å². The van der Waals surface area contributed by atoms with E-state index in [-0.39, 0.29) is 5.91 Å². The molecule has 0 aliphatic carbocycles. The number of hydrogen-bond donors (Lipinski definition) is 0. The monoisotopic (exact) mass is 413 g/mol. The minimum Gasteiger partial charge on any atom is -0.378 e. The highest BCUT2D eigenvalue weighted by Gasteiger charge is 2.09. The second-order valence-electron chi connectivity index (χ2n) is 5.65. The summed E-state index contributed by atoms with van der Waals surface area (Å²) < 4.78 is 3.89. The highest BCUT2D eigenvalue weighted by molar-refractivity contribution is 9.10. The summed E-state index contributed by atoms with van der Waals surface area (Å²) in [7, 11) is 3.92. The largest absolute Gasteiger partial charge is 0.378 e. The van der Waals surface area contributed by atoms with Gasteiger partial charge in [0.25, 0.3) is 5.91 Å². The van der Waals surface area contributed by atoms with Crippen LogP contribution in [0.1, 0.15) is 10.4 Å². The average Bonchev–Trinajstić information content (AvgIpc) is 2.91. The van der Waals surface area contributed by atoms with Gasteiger partial charge in [-0.2, -0.15) is 4.99 Å². The maximum atomic E-state index is 12.5. The standard InChI is InChI=1S/C19H16BrN3OS/c1-4-11-23-16-10-7-14(20)12-17(16)25-19(23)21-18(24)13-5-8-15(9-6-13)22(2)3/h1,5-10,12H,11H2,2-3H3. The minimum absolute atomic E-state index is 0.276. The molecule has 0 saturated carbocycles. The first kappa shape index (κ1) is 17.5. The lowest BCUT2D eigenvalue weighted by Gasteiger charge is -2.11. The summed E-state index contributed by atoms with van der Waals surface area (Å²) in [5, 5.41) is 0. The third-order valence-corrected chi connectivity index (χ3v) is 5.26. The van der Waals surface area contributed by atoms with Crippen LogP contribution in [0.5, 0.6) is 0 Å². The summed E-state index contributed by atoms with van der Waals surface area (Å²) in [5.41, 5.74) is 2.56. The van der Waals surface area contributed by atoms with Gasteiger partial charge in [0, 0.05) is 29.8 Å². The molecule has 0 saturated heterocycles. The molecule has 0 spiro atoms. The van der Waals surface area contributed by atoms with E-state index in [0.717, 1.165) is 20.4 Å². The van der Waals surface area contributed by atoms with Crippen molar-refractivity contribution in [3.8, 4) is 12.3 Å². The Balaban J connectivity index is 2.06. The Morgan fingerprint density at radius 3 is 2.64 bits per heavy atom. The molecule has 1 amide bonds. The lowest BCUT2D eigenvalue weighted by atomic mass is 10.2. The predicted octanol–water partition coefficient (Wildman–Crippen LogP) is 3.91. The molecule has 3 rings (SSSR count). The lowest BCUT2D eigenvalue weighted by molar-refractivity contribution is 0.0998. The quantitative estimate of drug-likeness (QED) is 0.610. The number of benzene rings is 2. The number of amides is 1. The highest BCUT2D eigenvalue weighted by atomic mass is 79.9. The molecule has 0 unspecified atom stereocenters. The zero-order valence-electron chi connectivity index (χ0n) is 13.9. The second kappa shape index (κ2) is 7.26. The molecule has 1 heterocycles. The van der Waals surface area contributed by atoms with Crippen LogP contribution in [0.4, 0.5) is 5.69 Å². The predicted molar refractivity (Wildman–Crippen MR) is 107 cm³/mol. The van der Waals surface area contributed by atoms with Gasteiger partial charge in [0.05, 0.1) is 16.8 Å². The van der Waals surface area contributed by atoms with Gasteiger partial charge >= 0.3 is 0 Å². The highest BCUT2D eigenvalue weighted by Crippen LogP contribution is 2.22. The molecule has 0 aliphatic heterocycles. The van der Waals surface area contributed by atoms with Gasteiger partial charge in [-0.3, -0.25) is 4.79 Å². The number of rotatable bonds is 3. The Morgan fingerprint density at radius 2 is 2.00 bits per heavy atom. The van der Waals surface area contributed by atoms with Crippen LogP contribution in [0.15, 0.2) is 51.9 Å². The molecule has 0 bridgehead atoms. The Morgan fingerprint density at radius 1 is 1.28 bits per heavy atom. The van der Waals surface area contributed by atoms with Crippen LogP contribution in [0, 0.1) is 12.3 Å². The van der Waals surface area contributed by atoms with Gasteiger partial charge in [0.1, 0.15) is 0 Å². The third-order valence-electron chi connectivity index (χ3n) is 3.72. The summed E-state index contributed by atoms with van der Waals surface area (Å²) >= 11 is 4.92. The third kappa shape index (κ3) is 3.68. The number of aromatic nitrogens is 1. The van der Waals surface area contributed by atoms with E-state index in [1.54, 1.807) is 12.1 Å². The second-order valence-corrected chi connectivity index (χ2v) is 7.57. The van der Waals surface area contributed by atoms with Crippen molar-refractivity contribution in [1.29, 1.82) is 0 Å². The van der Waals surface area contributed by atoms with Gasteiger partial charge in [0.2, 0.25) is 0 Å². The van der Waals surface area contributed by atoms with E-state index in [1.807, 2.05) is 53.9 Å². The van der Waals surface area contributed by atoms with Crippen molar-refractivity contribution >= 4 is 49.1 Å². The minimum atomic E-state index is -0.276. The zero-order chi connectivity index (χ0) is 18.0. The SMILES string of the molecule is C#CCn1c(=NC(=O)c2ccc(N(C)C)cc2)sc2cc(Br)ccc21. The van der Waals surface area contributed by atoms with Crippen LogP contribution < -0.4 is 9.70 Å². The molecule has 0 fully saturated rings. The molecule has 0 N–H and O–H groups in total. The van der Waals surface area contributed by atoms with Crippen LogP contribution in [0.3, 0.4) is 0 Å². The molecular weight excluding hydrogens is 398 g/mol. The first-order chi connectivity index (χ1) is 12.0. The molecule has 3 aromatic rings. The number of anilines is 1. The molecule has 0 aliphatic rings. The van der Waals surface area contributed by atoms with E-state index in [0.29, 0.717) is 16.9 Å². The number of carbonyl (C=O) groups is 1. The molecule has 2 aromatic carbocycles. The number of thiazole rings is 1.